The molecule has 1 aliphatic rings. The van der Waals surface area contributed by atoms with Crippen molar-refractivity contribution < 1.29 is 19.4 Å². The third-order valence-corrected chi connectivity index (χ3v) is 5.12. The molecule has 4 rings (SSSR count). The molecule has 0 fully saturated rings. The number of fused-ring (bicyclic) bond motifs is 1. The van der Waals surface area contributed by atoms with Gasteiger partial charge in [0.15, 0.2) is 0 Å². The molecule has 0 saturated carbocycles. The van der Waals surface area contributed by atoms with Gasteiger partial charge in [-0.3, -0.25) is 9.89 Å². The number of hydrogen-bond donors (Lipinski definition) is 2. The van der Waals surface area contributed by atoms with E-state index in [0.29, 0.717) is 29.2 Å². The highest BCUT2D eigenvalue weighted by Gasteiger charge is 2.35. The van der Waals surface area contributed by atoms with Crippen LogP contribution < -0.4 is 9.47 Å². The molecule has 3 aromatic rings. The Labute approximate surface area is 162 Å². The summed E-state index contributed by atoms with van der Waals surface area (Å²) in [6, 6.07) is 10.6. The first kappa shape index (κ1) is 18.1. The van der Waals surface area contributed by atoms with Gasteiger partial charge in [-0.1, -0.05) is 12.1 Å². The van der Waals surface area contributed by atoms with Crippen LogP contribution in [0.15, 0.2) is 48.8 Å². The molecule has 7 nitrogen and oxygen atoms in total. The number of amides is 1. The first-order valence-electron chi connectivity index (χ1n) is 8.92. The van der Waals surface area contributed by atoms with E-state index >= 15 is 0 Å². The zero-order valence-corrected chi connectivity index (χ0v) is 15.7. The highest BCUT2D eigenvalue weighted by Crippen LogP contribution is 2.38. The highest BCUT2D eigenvalue weighted by atomic mass is 16.5. The predicted molar refractivity (Wildman–Crippen MR) is 103 cm³/mol. The fraction of sp³-hybridized carbons (Fsp3) is 0.238. The summed E-state index contributed by atoms with van der Waals surface area (Å²) in [7, 11) is 3.14. The summed E-state index contributed by atoms with van der Waals surface area (Å²) in [6.45, 7) is 0.198. The molecular formula is C21H21N3O4. The van der Waals surface area contributed by atoms with Crippen LogP contribution in [0.3, 0.4) is 0 Å². The van der Waals surface area contributed by atoms with Gasteiger partial charge in [0, 0.05) is 29.4 Å². The number of aliphatic hydroxyl groups excluding tert-OH is 1. The van der Waals surface area contributed by atoms with E-state index in [2.05, 4.69) is 10.2 Å². The number of ether oxygens (including phenoxy) is 2. The van der Waals surface area contributed by atoms with Gasteiger partial charge in [-0.05, 0) is 35.4 Å². The Morgan fingerprint density at radius 1 is 1.18 bits per heavy atom. The third kappa shape index (κ3) is 2.99. The zero-order chi connectivity index (χ0) is 19.7. The molecule has 1 amide bonds. The molecule has 0 saturated heterocycles. The van der Waals surface area contributed by atoms with E-state index in [9.17, 15) is 9.90 Å². The molecule has 2 N–H and O–H groups in total. The average Bonchev–Trinajstić information content (AvgIpc) is 3.37. The van der Waals surface area contributed by atoms with Crippen LogP contribution >= 0.6 is 0 Å². The lowest BCUT2D eigenvalue weighted by Crippen LogP contribution is -2.31. The Morgan fingerprint density at radius 3 is 2.71 bits per heavy atom. The monoisotopic (exact) mass is 379 g/mol. The highest BCUT2D eigenvalue weighted by molar-refractivity contribution is 5.99. The van der Waals surface area contributed by atoms with E-state index in [1.165, 1.54) is 0 Å². The van der Waals surface area contributed by atoms with Crippen LogP contribution in [0.5, 0.6) is 11.5 Å². The number of carbonyl (C=O) groups is 1. The molecule has 1 atom stereocenters. The van der Waals surface area contributed by atoms with Gasteiger partial charge in [-0.25, -0.2) is 0 Å². The summed E-state index contributed by atoms with van der Waals surface area (Å²) in [5, 5.41) is 16.9. The summed E-state index contributed by atoms with van der Waals surface area (Å²) in [5.41, 5.74) is 4.11. The van der Waals surface area contributed by atoms with Gasteiger partial charge < -0.3 is 19.5 Å². The van der Waals surface area contributed by atoms with Crippen LogP contribution in [0.2, 0.25) is 0 Å². The standard InChI is InChI=1S/C21H21N3O4/c1-27-16-5-6-20(28-2)18(8-16)19(12-25)24-11-14-4-3-13(7-17(14)21(24)26)15-9-22-23-10-15/h3-10,19,25H,11-12H2,1-2H3,(H,22,23). The summed E-state index contributed by atoms with van der Waals surface area (Å²) in [6.07, 6.45) is 3.51. The second-order valence-corrected chi connectivity index (χ2v) is 6.60. The molecule has 0 bridgehead atoms. The van der Waals surface area contributed by atoms with Crippen molar-refractivity contribution in [3.8, 4) is 22.6 Å². The summed E-state index contributed by atoms with van der Waals surface area (Å²) >= 11 is 0. The van der Waals surface area contributed by atoms with Crippen LogP contribution in [0.4, 0.5) is 0 Å². The van der Waals surface area contributed by atoms with Gasteiger partial charge in [-0.2, -0.15) is 5.10 Å². The Kier molecular flexibility index (Phi) is 4.75. The minimum absolute atomic E-state index is 0.121. The largest absolute Gasteiger partial charge is 0.497 e. The normalized spacial score (nSPS) is 14.1. The van der Waals surface area contributed by atoms with E-state index in [1.807, 2.05) is 18.2 Å². The van der Waals surface area contributed by atoms with Crippen molar-refractivity contribution in [1.82, 2.24) is 15.1 Å². The summed E-state index contributed by atoms with van der Waals surface area (Å²) in [5.74, 6) is 1.12. The predicted octanol–water partition coefficient (Wildman–Crippen LogP) is 2.78. The number of carbonyl (C=O) groups excluding carboxylic acids is 1. The molecule has 2 aromatic carbocycles. The molecule has 0 spiro atoms. The number of aliphatic hydroxyl groups is 1. The van der Waals surface area contributed by atoms with Crippen LogP contribution in [0.25, 0.3) is 11.1 Å². The van der Waals surface area contributed by atoms with Gasteiger partial charge in [0.25, 0.3) is 5.91 Å². The molecule has 1 unspecified atom stereocenters. The van der Waals surface area contributed by atoms with Crippen LogP contribution in [-0.4, -0.2) is 46.9 Å². The van der Waals surface area contributed by atoms with E-state index in [-0.39, 0.29) is 12.5 Å². The van der Waals surface area contributed by atoms with Crippen molar-refractivity contribution in [2.24, 2.45) is 0 Å². The van der Waals surface area contributed by atoms with Crippen molar-refractivity contribution >= 4 is 5.91 Å². The maximum absolute atomic E-state index is 13.2. The minimum atomic E-state index is -0.540. The minimum Gasteiger partial charge on any atom is -0.497 e. The second kappa shape index (κ2) is 7.36. The molecule has 7 heteroatoms. The number of aromatic amines is 1. The van der Waals surface area contributed by atoms with Crippen molar-refractivity contribution in [3.05, 3.63) is 65.5 Å². The molecule has 0 aliphatic carbocycles. The Morgan fingerprint density at radius 2 is 2.04 bits per heavy atom. The fourth-order valence-electron chi connectivity index (χ4n) is 3.63. The number of methoxy groups -OCH3 is 2. The Hall–Kier alpha value is -3.32. The molecule has 1 aromatic heterocycles. The third-order valence-electron chi connectivity index (χ3n) is 5.12. The molecular weight excluding hydrogens is 358 g/mol. The summed E-state index contributed by atoms with van der Waals surface area (Å²) < 4.78 is 10.8. The molecule has 0 radical (unpaired) electrons. The smallest absolute Gasteiger partial charge is 0.255 e. The maximum Gasteiger partial charge on any atom is 0.255 e. The SMILES string of the molecule is COc1ccc(OC)c(C(CO)N2Cc3ccc(-c4cn[nH]c4)cc3C2=O)c1. The van der Waals surface area contributed by atoms with E-state index < -0.39 is 6.04 Å². The van der Waals surface area contributed by atoms with Crippen molar-refractivity contribution in [2.45, 2.75) is 12.6 Å². The van der Waals surface area contributed by atoms with Gasteiger partial charge in [0.05, 0.1) is 33.1 Å². The average molecular weight is 379 g/mol. The molecule has 1 aliphatic heterocycles. The molecule has 2 heterocycles. The number of nitrogens with zero attached hydrogens (tertiary/aromatic N) is 2. The van der Waals surface area contributed by atoms with Gasteiger partial charge in [-0.15, -0.1) is 0 Å². The van der Waals surface area contributed by atoms with Crippen molar-refractivity contribution in [2.75, 3.05) is 20.8 Å². The second-order valence-electron chi connectivity index (χ2n) is 6.60. The lowest BCUT2D eigenvalue weighted by Gasteiger charge is -2.28. The number of rotatable bonds is 6. The first-order valence-corrected chi connectivity index (χ1v) is 8.92. The Bertz CT molecular complexity index is 1000. The maximum atomic E-state index is 13.2. The van der Waals surface area contributed by atoms with E-state index in [1.54, 1.807) is 49.7 Å². The quantitative estimate of drug-likeness (QED) is 0.688. The van der Waals surface area contributed by atoms with Gasteiger partial charge in [0.1, 0.15) is 11.5 Å². The lowest BCUT2D eigenvalue weighted by atomic mass is 10.0. The van der Waals surface area contributed by atoms with Crippen LogP contribution in [-0.2, 0) is 6.54 Å². The van der Waals surface area contributed by atoms with E-state index in [4.69, 9.17) is 9.47 Å². The molecule has 28 heavy (non-hydrogen) atoms. The van der Waals surface area contributed by atoms with Gasteiger partial charge in [0.2, 0.25) is 0 Å². The number of aromatic nitrogens is 2. The Balaban J connectivity index is 1.70. The van der Waals surface area contributed by atoms with Gasteiger partial charge >= 0.3 is 0 Å². The number of nitrogens with one attached hydrogen (secondary N) is 1. The lowest BCUT2D eigenvalue weighted by molar-refractivity contribution is 0.0611. The fourth-order valence-corrected chi connectivity index (χ4v) is 3.63. The number of H-pyrrole nitrogens is 1. The van der Waals surface area contributed by atoms with Crippen LogP contribution in [0.1, 0.15) is 27.5 Å². The van der Waals surface area contributed by atoms with Crippen LogP contribution in [0, 0.1) is 0 Å². The molecule has 144 valence electrons. The summed E-state index contributed by atoms with van der Waals surface area (Å²) in [4.78, 5) is 14.8. The topological polar surface area (TPSA) is 87.7 Å². The van der Waals surface area contributed by atoms with Crippen molar-refractivity contribution in [1.29, 1.82) is 0 Å². The van der Waals surface area contributed by atoms with Crippen molar-refractivity contribution in [3.63, 3.8) is 0 Å². The van der Waals surface area contributed by atoms with E-state index in [0.717, 1.165) is 16.7 Å². The number of benzene rings is 2. The zero-order valence-electron chi connectivity index (χ0n) is 15.7. The number of hydrogen-bond acceptors (Lipinski definition) is 5. The first-order chi connectivity index (χ1) is 13.7.